The van der Waals surface area contributed by atoms with Crippen molar-refractivity contribution in [2.24, 2.45) is 0 Å². The van der Waals surface area contributed by atoms with Gasteiger partial charge in [-0.1, -0.05) is 6.07 Å². The van der Waals surface area contributed by atoms with Crippen LogP contribution >= 0.6 is 0 Å². The molecular formula is C11H13NO7S. The molecule has 1 atom stereocenters. The minimum absolute atomic E-state index is 0.103. The number of carboxylic acids is 1. The summed E-state index contributed by atoms with van der Waals surface area (Å²) in [6.45, 7) is 0. The molecule has 0 saturated carbocycles. The van der Waals surface area contributed by atoms with Gasteiger partial charge in [-0.25, -0.2) is 4.79 Å². The zero-order valence-corrected chi connectivity index (χ0v) is 11.3. The number of rotatable bonds is 6. The van der Waals surface area contributed by atoms with Gasteiger partial charge in [0.25, 0.3) is 16.0 Å². The normalized spacial score (nSPS) is 12.5. The van der Waals surface area contributed by atoms with Crippen LogP contribution in [0.5, 0.6) is 5.75 Å². The smallest absolute Gasteiger partial charge is 0.327 e. The summed E-state index contributed by atoms with van der Waals surface area (Å²) in [6, 6.07) is 4.13. The van der Waals surface area contributed by atoms with Crippen molar-refractivity contribution in [1.29, 1.82) is 0 Å². The summed E-state index contributed by atoms with van der Waals surface area (Å²) < 4.78 is 34.9. The summed E-state index contributed by atoms with van der Waals surface area (Å²) in [4.78, 5) is 22.7. The summed E-state index contributed by atoms with van der Waals surface area (Å²) >= 11 is 0. The lowest BCUT2D eigenvalue weighted by Gasteiger charge is -2.13. The Morgan fingerprint density at radius 3 is 2.55 bits per heavy atom. The van der Waals surface area contributed by atoms with E-state index < -0.39 is 33.8 Å². The summed E-state index contributed by atoms with van der Waals surface area (Å²) in [6.07, 6.45) is 0. The number of methoxy groups -OCH3 is 1. The van der Waals surface area contributed by atoms with Crippen LogP contribution in [-0.4, -0.2) is 48.9 Å². The fraction of sp³-hybridized carbons (Fsp3) is 0.273. The maximum atomic E-state index is 11.8. The highest BCUT2D eigenvalue weighted by Crippen LogP contribution is 2.12. The number of benzene rings is 1. The van der Waals surface area contributed by atoms with E-state index in [1.807, 2.05) is 5.32 Å². The SMILES string of the molecule is COc1cccc(C(=O)NC(CS(=O)(=O)O)C(=O)O)c1. The average molecular weight is 303 g/mol. The fourth-order valence-corrected chi connectivity index (χ4v) is 2.04. The number of carbonyl (C=O) groups excluding carboxylic acids is 1. The van der Waals surface area contributed by atoms with Gasteiger partial charge in [0.05, 0.1) is 7.11 Å². The molecule has 0 aliphatic heterocycles. The molecule has 1 rings (SSSR count). The summed E-state index contributed by atoms with van der Waals surface area (Å²) in [7, 11) is -3.13. The molecule has 0 spiro atoms. The summed E-state index contributed by atoms with van der Waals surface area (Å²) in [5.74, 6) is -3.09. The third-order valence-electron chi connectivity index (χ3n) is 2.31. The minimum Gasteiger partial charge on any atom is -0.497 e. The van der Waals surface area contributed by atoms with Crippen molar-refractivity contribution in [3.05, 3.63) is 29.8 Å². The lowest BCUT2D eigenvalue weighted by atomic mass is 10.2. The molecule has 1 amide bonds. The van der Waals surface area contributed by atoms with Gasteiger partial charge in [-0.2, -0.15) is 8.42 Å². The standard InChI is InChI=1S/C11H13NO7S/c1-19-8-4-2-3-7(5-8)10(13)12-9(11(14)15)6-20(16,17)18/h2-5,9H,6H2,1H3,(H,12,13)(H,14,15)(H,16,17,18). The molecule has 0 aliphatic carbocycles. The Bertz CT molecular complexity index is 611. The Morgan fingerprint density at radius 2 is 2.05 bits per heavy atom. The van der Waals surface area contributed by atoms with Gasteiger partial charge in [-0.05, 0) is 18.2 Å². The highest BCUT2D eigenvalue weighted by molar-refractivity contribution is 7.85. The molecule has 9 heteroatoms. The zero-order valence-electron chi connectivity index (χ0n) is 10.4. The van der Waals surface area contributed by atoms with Crippen molar-refractivity contribution < 1.29 is 32.4 Å². The van der Waals surface area contributed by atoms with Crippen LogP contribution in [0.1, 0.15) is 10.4 Å². The van der Waals surface area contributed by atoms with Gasteiger partial charge in [0.15, 0.2) is 0 Å². The Hall–Kier alpha value is -2.13. The number of aliphatic carboxylic acids is 1. The number of carboxylic acid groups (broad SMARTS) is 1. The minimum atomic E-state index is -4.53. The predicted molar refractivity (Wildman–Crippen MR) is 68.3 cm³/mol. The third-order valence-corrected chi connectivity index (χ3v) is 3.07. The second-order valence-corrected chi connectivity index (χ2v) is 5.34. The molecule has 0 saturated heterocycles. The predicted octanol–water partition coefficient (Wildman–Crippen LogP) is -0.234. The first-order valence-corrected chi connectivity index (χ1v) is 6.96. The Kier molecular flexibility index (Phi) is 5.06. The van der Waals surface area contributed by atoms with Gasteiger partial charge in [0.1, 0.15) is 17.5 Å². The molecule has 0 aliphatic rings. The van der Waals surface area contributed by atoms with Gasteiger partial charge in [0, 0.05) is 5.56 Å². The van der Waals surface area contributed by atoms with E-state index in [2.05, 4.69) is 0 Å². The quantitative estimate of drug-likeness (QED) is 0.618. The summed E-state index contributed by atoms with van der Waals surface area (Å²) in [5, 5.41) is 10.8. The Balaban J connectivity index is 2.88. The third kappa shape index (κ3) is 4.86. The topological polar surface area (TPSA) is 130 Å². The molecule has 1 aromatic rings. The van der Waals surface area contributed by atoms with Crippen molar-refractivity contribution in [2.75, 3.05) is 12.9 Å². The number of carbonyl (C=O) groups is 2. The lowest BCUT2D eigenvalue weighted by molar-refractivity contribution is -0.138. The van der Waals surface area contributed by atoms with E-state index in [0.717, 1.165) is 0 Å². The number of ether oxygens (including phenoxy) is 1. The van der Waals surface area contributed by atoms with Crippen LogP contribution in [-0.2, 0) is 14.9 Å². The highest BCUT2D eigenvalue weighted by Gasteiger charge is 2.26. The molecule has 20 heavy (non-hydrogen) atoms. The van der Waals surface area contributed by atoms with Crippen LogP contribution in [0.3, 0.4) is 0 Å². The van der Waals surface area contributed by atoms with Gasteiger partial charge in [0.2, 0.25) is 0 Å². The monoisotopic (exact) mass is 303 g/mol. The molecule has 0 fully saturated rings. The number of amides is 1. The first kappa shape index (κ1) is 15.9. The van der Waals surface area contributed by atoms with Crippen LogP contribution in [0.2, 0.25) is 0 Å². The zero-order chi connectivity index (χ0) is 15.3. The molecule has 0 heterocycles. The maximum Gasteiger partial charge on any atom is 0.327 e. The first-order valence-electron chi connectivity index (χ1n) is 5.36. The van der Waals surface area contributed by atoms with Crippen molar-refractivity contribution in [3.8, 4) is 5.75 Å². The Morgan fingerprint density at radius 1 is 1.40 bits per heavy atom. The Labute approximate surface area is 115 Å². The lowest BCUT2D eigenvalue weighted by Crippen LogP contribution is -2.45. The number of hydrogen-bond donors (Lipinski definition) is 3. The van der Waals surface area contributed by atoms with Crippen molar-refractivity contribution in [2.45, 2.75) is 6.04 Å². The van der Waals surface area contributed by atoms with Crippen molar-refractivity contribution in [3.63, 3.8) is 0 Å². The van der Waals surface area contributed by atoms with Crippen LogP contribution in [0.4, 0.5) is 0 Å². The highest BCUT2D eigenvalue weighted by atomic mass is 32.2. The molecule has 1 aromatic carbocycles. The summed E-state index contributed by atoms with van der Waals surface area (Å²) in [5.41, 5.74) is 0.103. The number of hydrogen-bond acceptors (Lipinski definition) is 5. The van der Waals surface area contributed by atoms with Crippen LogP contribution in [0.15, 0.2) is 24.3 Å². The van der Waals surface area contributed by atoms with Crippen LogP contribution in [0.25, 0.3) is 0 Å². The molecule has 1 unspecified atom stereocenters. The van der Waals surface area contributed by atoms with Gasteiger partial charge < -0.3 is 15.2 Å². The first-order chi connectivity index (χ1) is 9.23. The van der Waals surface area contributed by atoms with Gasteiger partial charge in [-0.3, -0.25) is 9.35 Å². The molecule has 8 nitrogen and oxygen atoms in total. The molecule has 0 radical (unpaired) electrons. The maximum absolute atomic E-state index is 11.8. The van der Waals surface area contributed by atoms with E-state index in [4.69, 9.17) is 14.4 Å². The van der Waals surface area contributed by atoms with Gasteiger partial charge >= 0.3 is 5.97 Å². The van der Waals surface area contributed by atoms with E-state index in [-0.39, 0.29) is 5.56 Å². The van der Waals surface area contributed by atoms with Crippen molar-refractivity contribution in [1.82, 2.24) is 5.32 Å². The van der Waals surface area contributed by atoms with Crippen LogP contribution < -0.4 is 10.1 Å². The average Bonchev–Trinajstić information content (AvgIpc) is 2.36. The molecule has 0 bridgehead atoms. The second kappa shape index (κ2) is 6.35. The van der Waals surface area contributed by atoms with E-state index in [1.54, 1.807) is 6.07 Å². The van der Waals surface area contributed by atoms with Crippen LogP contribution in [0, 0.1) is 0 Å². The van der Waals surface area contributed by atoms with E-state index >= 15 is 0 Å². The second-order valence-electron chi connectivity index (χ2n) is 3.84. The van der Waals surface area contributed by atoms with E-state index in [0.29, 0.717) is 5.75 Å². The molecule has 0 aromatic heterocycles. The largest absolute Gasteiger partial charge is 0.497 e. The molecule has 3 N–H and O–H groups in total. The molecular weight excluding hydrogens is 290 g/mol. The van der Waals surface area contributed by atoms with E-state index in [1.165, 1.54) is 25.3 Å². The fourth-order valence-electron chi connectivity index (χ4n) is 1.39. The van der Waals surface area contributed by atoms with E-state index in [9.17, 15) is 18.0 Å². The van der Waals surface area contributed by atoms with Gasteiger partial charge in [-0.15, -0.1) is 0 Å². The number of nitrogens with one attached hydrogen (secondary N) is 1. The molecule has 110 valence electrons. The van der Waals surface area contributed by atoms with Crippen molar-refractivity contribution >= 4 is 22.0 Å².